The van der Waals surface area contributed by atoms with Crippen LogP contribution in [0.3, 0.4) is 0 Å². The highest BCUT2D eigenvalue weighted by Gasteiger charge is 2.15. The van der Waals surface area contributed by atoms with E-state index in [1.165, 1.54) is 0 Å². The number of hydrogen-bond donors (Lipinski definition) is 0. The van der Waals surface area contributed by atoms with Crippen molar-refractivity contribution in [2.24, 2.45) is 0 Å². The third-order valence-corrected chi connectivity index (χ3v) is 3.89. The molecule has 2 aromatic rings. The molecule has 0 saturated carbocycles. The number of hydrogen-bond acceptors (Lipinski definition) is 5. The first-order valence-corrected chi connectivity index (χ1v) is 7.90. The van der Waals surface area contributed by atoms with Gasteiger partial charge in [-0.2, -0.15) is 0 Å². The van der Waals surface area contributed by atoms with E-state index in [4.69, 9.17) is 9.72 Å². The van der Waals surface area contributed by atoms with Crippen LogP contribution in [0.15, 0.2) is 41.4 Å². The predicted molar refractivity (Wildman–Crippen MR) is 82.3 cm³/mol. The highest BCUT2D eigenvalue weighted by molar-refractivity contribution is 7.98. The second kappa shape index (κ2) is 6.24. The smallest absolute Gasteiger partial charge is 0.162 e. The Hall–Kier alpha value is -1.59. The molecule has 0 spiro atoms. The zero-order valence-corrected chi connectivity index (χ0v) is 12.3. The molecule has 20 heavy (non-hydrogen) atoms. The van der Waals surface area contributed by atoms with Gasteiger partial charge in [0.05, 0.1) is 13.2 Å². The zero-order valence-electron chi connectivity index (χ0n) is 11.5. The van der Waals surface area contributed by atoms with E-state index in [-0.39, 0.29) is 0 Å². The monoisotopic (exact) mass is 287 g/mol. The number of nitrogens with zero attached hydrogens (tertiary/aromatic N) is 3. The van der Waals surface area contributed by atoms with Gasteiger partial charge in [-0.3, -0.25) is 0 Å². The highest BCUT2D eigenvalue weighted by atomic mass is 32.2. The van der Waals surface area contributed by atoms with E-state index in [2.05, 4.69) is 16.0 Å². The fourth-order valence-electron chi connectivity index (χ4n) is 2.19. The molecule has 1 fully saturated rings. The Morgan fingerprint density at radius 1 is 1.10 bits per heavy atom. The topological polar surface area (TPSA) is 38.2 Å². The summed E-state index contributed by atoms with van der Waals surface area (Å²) in [4.78, 5) is 11.6. The van der Waals surface area contributed by atoms with E-state index in [1.807, 2.05) is 36.6 Å². The van der Waals surface area contributed by atoms with Crippen molar-refractivity contribution in [3.8, 4) is 11.4 Å². The van der Waals surface area contributed by atoms with E-state index in [0.717, 1.165) is 48.5 Å². The van der Waals surface area contributed by atoms with Gasteiger partial charge in [0.15, 0.2) is 5.82 Å². The maximum absolute atomic E-state index is 5.40. The Kier molecular flexibility index (Phi) is 4.18. The van der Waals surface area contributed by atoms with Crippen LogP contribution in [0.25, 0.3) is 11.4 Å². The summed E-state index contributed by atoms with van der Waals surface area (Å²) in [6, 6.07) is 12.2. The van der Waals surface area contributed by atoms with Gasteiger partial charge in [0.1, 0.15) is 10.8 Å². The Labute approximate surface area is 123 Å². The average molecular weight is 287 g/mol. The minimum atomic E-state index is 0.763. The Balaban J connectivity index is 1.98. The summed E-state index contributed by atoms with van der Waals surface area (Å²) >= 11 is 1.65. The molecule has 0 N–H and O–H groups in total. The largest absolute Gasteiger partial charge is 0.378 e. The van der Waals surface area contributed by atoms with Crippen molar-refractivity contribution in [2.45, 2.75) is 5.03 Å². The first-order chi connectivity index (χ1) is 9.86. The van der Waals surface area contributed by atoms with Crippen molar-refractivity contribution >= 4 is 17.6 Å². The van der Waals surface area contributed by atoms with Crippen molar-refractivity contribution in [1.82, 2.24) is 9.97 Å². The van der Waals surface area contributed by atoms with Crippen LogP contribution >= 0.6 is 11.8 Å². The first-order valence-electron chi connectivity index (χ1n) is 6.68. The summed E-state index contributed by atoms with van der Waals surface area (Å²) in [6.45, 7) is 3.30. The molecule has 1 aromatic carbocycles. The van der Waals surface area contributed by atoms with Gasteiger partial charge in [0, 0.05) is 24.7 Å². The van der Waals surface area contributed by atoms with Gasteiger partial charge in [-0.15, -0.1) is 11.8 Å². The quantitative estimate of drug-likeness (QED) is 0.641. The molecule has 0 atom stereocenters. The van der Waals surface area contributed by atoms with Crippen LogP contribution in [0, 0.1) is 0 Å². The molecule has 0 radical (unpaired) electrons. The lowest BCUT2D eigenvalue weighted by Gasteiger charge is -2.28. The van der Waals surface area contributed by atoms with E-state index in [9.17, 15) is 0 Å². The molecule has 0 amide bonds. The van der Waals surface area contributed by atoms with Crippen LogP contribution in [0.4, 0.5) is 5.82 Å². The van der Waals surface area contributed by atoms with E-state index >= 15 is 0 Å². The van der Waals surface area contributed by atoms with Gasteiger partial charge < -0.3 is 9.64 Å². The second-order valence-corrected chi connectivity index (χ2v) is 5.38. The third-order valence-electron chi connectivity index (χ3n) is 3.27. The molecular weight excluding hydrogens is 270 g/mol. The molecule has 0 bridgehead atoms. The summed E-state index contributed by atoms with van der Waals surface area (Å²) in [5.41, 5.74) is 1.05. The molecule has 2 heterocycles. The molecule has 3 rings (SSSR count). The zero-order chi connectivity index (χ0) is 13.8. The van der Waals surface area contributed by atoms with Gasteiger partial charge in [-0.1, -0.05) is 30.3 Å². The van der Waals surface area contributed by atoms with Crippen LogP contribution in [0.2, 0.25) is 0 Å². The highest BCUT2D eigenvalue weighted by Crippen LogP contribution is 2.24. The predicted octanol–water partition coefficient (Wildman–Crippen LogP) is 2.70. The first kappa shape index (κ1) is 13.4. The summed E-state index contributed by atoms with van der Waals surface area (Å²) in [6.07, 6.45) is 2.04. The van der Waals surface area contributed by atoms with Gasteiger partial charge in [-0.25, -0.2) is 9.97 Å². The maximum atomic E-state index is 5.40. The molecular formula is C15H17N3OS. The summed E-state index contributed by atoms with van der Waals surface area (Å²) < 4.78 is 5.40. The van der Waals surface area contributed by atoms with Gasteiger partial charge >= 0.3 is 0 Å². The lowest BCUT2D eigenvalue weighted by atomic mass is 10.2. The van der Waals surface area contributed by atoms with Crippen molar-refractivity contribution in [3.05, 3.63) is 36.4 Å². The fourth-order valence-corrected chi connectivity index (χ4v) is 2.59. The summed E-state index contributed by atoms with van der Waals surface area (Å²) in [5.74, 6) is 1.78. The molecule has 5 heteroatoms. The van der Waals surface area contributed by atoms with Gasteiger partial charge in [0.2, 0.25) is 0 Å². The number of aromatic nitrogens is 2. The summed E-state index contributed by atoms with van der Waals surface area (Å²) in [5, 5.41) is 1.00. The van der Waals surface area contributed by atoms with Crippen molar-refractivity contribution in [3.63, 3.8) is 0 Å². The van der Waals surface area contributed by atoms with Crippen molar-refractivity contribution in [1.29, 1.82) is 0 Å². The standard InChI is InChI=1S/C15H17N3OS/c1-20-14-11-13(18-7-9-19-10-8-18)16-15(17-14)12-5-3-2-4-6-12/h2-6,11H,7-10H2,1H3. The maximum Gasteiger partial charge on any atom is 0.162 e. The normalized spacial score (nSPS) is 15.3. The number of thioether (sulfide) groups is 1. The number of rotatable bonds is 3. The van der Waals surface area contributed by atoms with Gasteiger partial charge in [0.25, 0.3) is 0 Å². The Morgan fingerprint density at radius 2 is 1.85 bits per heavy atom. The lowest BCUT2D eigenvalue weighted by Crippen LogP contribution is -2.36. The van der Waals surface area contributed by atoms with Crippen LogP contribution in [0.1, 0.15) is 0 Å². The van der Waals surface area contributed by atoms with Gasteiger partial charge in [-0.05, 0) is 6.26 Å². The van der Waals surface area contributed by atoms with Crippen molar-refractivity contribution < 1.29 is 4.74 Å². The van der Waals surface area contributed by atoms with Crippen molar-refractivity contribution in [2.75, 3.05) is 37.5 Å². The molecule has 4 nitrogen and oxygen atoms in total. The number of morpholine rings is 1. The minimum absolute atomic E-state index is 0.763. The Morgan fingerprint density at radius 3 is 2.55 bits per heavy atom. The van der Waals surface area contributed by atoms with E-state index in [0.29, 0.717) is 0 Å². The molecule has 1 saturated heterocycles. The molecule has 1 aliphatic heterocycles. The SMILES string of the molecule is CSc1cc(N2CCOCC2)nc(-c2ccccc2)n1. The van der Waals surface area contributed by atoms with Crippen LogP contribution < -0.4 is 4.90 Å². The molecule has 0 unspecified atom stereocenters. The molecule has 1 aromatic heterocycles. The number of ether oxygens (including phenoxy) is 1. The average Bonchev–Trinajstić information content (AvgIpc) is 2.56. The molecule has 0 aliphatic carbocycles. The minimum Gasteiger partial charge on any atom is -0.378 e. The van der Waals surface area contributed by atoms with E-state index in [1.54, 1.807) is 11.8 Å². The molecule has 104 valence electrons. The molecule has 1 aliphatic rings. The number of benzene rings is 1. The second-order valence-electron chi connectivity index (χ2n) is 4.56. The van der Waals surface area contributed by atoms with Crippen LogP contribution in [0.5, 0.6) is 0 Å². The lowest BCUT2D eigenvalue weighted by molar-refractivity contribution is 0.122. The van der Waals surface area contributed by atoms with Crippen LogP contribution in [-0.2, 0) is 4.74 Å². The third kappa shape index (κ3) is 2.94. The summed E-state index contributed by atoms with van der Waals surface area (Å²) in [7, 11) is 0. The van der Waals surface area contributed by atoms with E-state index < -0.39 is 0 Å². The Bertz CT molecular complexity index is 571. The number of anilines is 1. The van der Waals surface area contributed by atoms with Crippen LogP contribution in [-0.4, -0.2) is 42.5 Å². The fraction of sp³-hybridized carbons (Fsp3) is 0.333.